The van der Waals surface area contributed by atoms with Gasteiger partial charge in [-0.2, -0.15) is 5.10 Å². The molecule has 2 aromatic rings. The lowest BCUT2D eigenvalue weighted by Gasteiger charge is -2.31. The Labute approximate surface area is 155 Å². The molecule has 0 spiro atoms. The predicted molar refractivity (Wildman–Crippen MR) is 101 cm³/mol. The van der Waals surface area contributed by atoms with Crippen molar-refractivity contribution in [3.05, 3.63) is 48.5 Å². The molecule has 1 aromatic heterocycles. The molecule has 5 heteroatoms. The van der Waals surface area contributed by atoms with Crippen molar-refractivity contribution in [2.75, 3.05) is 0 Å². The normalized spacial score (nSPS) is 25.1. The molecule has 138 valence electrons. The highest BCUT2D eigenvalue weighted by molar-refractivity contribution is 5.84. The van der Waals surface area contributed by atoms with E-state index < -0.39 is 0 Å². The van der Waals surface area contributed by atoms with Crippen LogP contribution in [0.5, 0.6) is 0 Å². The Morgan fingerprint density at radius 2 is 1.77 bits per heavy atom. The van der Waals surface area contributed by atoms with Crippen molar-refractivity contribution in [3.63, 3.8) is 0 Å². The second kappa shape index (κ2) is 8.02. The van der Waals surface area contributed by atoms with E-state index in [4.69, 9.17) is 0 Å². The summed E-state index contributed by atoms with van der Waals surface area (Å²) in [5, 5.41) is 7.64. The second-order valence-electron chi connectivity index (χ2n) is 7.82. The molecule has 2 saturated carbocycles. The fraction of sp³-hybridized carbons (Fsp3) is 0.571. The Balaban J connectivity index is 1.39. The third-order valence-electron chi connectivity index (χ3n) is 6.17. The molecule has 1 heterocycles. The molecular formula is C21H28N4O. The Morgan fingerprint density at radius 3 is 2.42 bits per heavy atom. The molecule has 1 N–H and O–H groups in total. The average Bonchev–Trinajstić information content (AvgIpc) is 3.38. The molecule has 1 aromatic carbocycles. The van der Waals surface area contributed by atoms with Crippen LogP contribution in [0.3, 0.4) is 0 Å². The lowest BCUT2D eigenvalue weighted by molar-refractivity contribution is -0.124. The summed E-state index contributed by atoms with van der Waals surface area (Å²) >= 11 is 0. The number of carbonyl (C=O) groups excluding carboxylic acids is 1. The van der Waals surface area contributed by atoms with Crippen LogP contribution in [0.15, 0.2) is 43.0 Å². The monoisotopic (exact) mass is 352 g/mol. The summed E-state index contributed by atoms with van der Waals surface area (Å²) < 4.78 is 1.96. The number of nitrogens with zero attached hydrogens (tertiary/aromatic N) is 3. The molecule has 1 atom stereocenters. The molecule has 0 saturated heterocycles. The number of benzene rings is 1. The van der Waals surface area contributed by atoms with Gasteiger partial charge in [0.1, 0.15) is 12.7 Å². The fourth-order valence-corrected chi connectivity index (χ4v) is 4.77. The topological polar surface area (TPSA) is 59.8 Å². The number of amides is 1. The minimum atomic E-state index is 0.00624. The zero-order valence-corrected chi connectivity index (χ0v) is 15.3. The molecular weight excluding hydrogens is 324 g/mol. The maximum Gasteiger partial charge on any atom is 0.228 e. The van der Waals surface area contributed by atoms with Crippen LogP contribution in [0, 0.1) is 5.92 Å². The van der Waals surface area contributed by atoms with E-state index >= 15 is 0 Å². The van der Waals surface area contributed by atoms with Crippen molar-refractivity contribution in [3.8, 4) is 0 Å². The van der Waals surface area contributed by atoms with Crippen LogP contribution in [0.25, 0.3) is 0 Å². The van der Waals surface area contributed by atoms with E-state index in [1.54, 1.807) is 12.7 Å². The van der Waals surface area contributed by atoms with E-state index in [1.165, 1.54) is 31.2 Å². The largest absolute Gasteiger partial charge is 0.353 e. The van der Waals surface area contributed by atoms with Crippen molar-refractivity contribution < 1.29 is 4.79 Å². The van der Waals surface area contributed by atoms with Gasteiger partial charge in [0, 0.05) is 6.04 Å². The SMILES string of the molecule is O=C(NC1CCC(n2cncn2)CC1)C(c1ccccc1)C1CCCC1. The van der Waals surface area contributed by atoms with E-state index in [-0.39, 0.29) is 17.9 Å². The van der Waals surface area contributed by atoms with Crippen molar-refractivity contribution >= 4 is 5.91 Å². The van der Waals surface area contributed by atoms with Crippen molar-refractivity contribution in [1.29, 1.82) is 0 Å². The molecule has 0 bridgehead atoms. The van der Waals surface area contributed by atoms with Crippen molar-refractivity contribution in [2.24, 2.45) is 5.92 Å². The Morgan fingerprint density at radius 1 is 1.04 bits per heavy atom. The molecule has 2 aliphatic carbocycles. The molecule has 0 radical (unpaired) electrons. The van der Waals surface area contributed by atoms with Crippen molar-refractivity contribution in [2.45, 2.75) is 69.4 Å². The summed E-state index contributed by atoms with van der Waals surface area (Å²) in [5.74, 6) is 0.725. The van der Waals surface area contributed by atoms with Gasteiger partial charge in [-0.15, -0.1) is 0 Å². The highest BCUT2D eigenvalue weighted by Gasteiger charge is 2.33. The molecule has 1 amide bonds. The number of hydrogen-bond acceptors (Lipinski definition) is 3. The van der Waals surface area contributed by atoms with Crippen LogP contribution in [-0.4, -0.2) is 26.7 Å². The molecule has 4 rings (SSSR count). The van der Waals surface area contributed by atoms with Gasteiger partial charge in [0.15, 0.2) is 0 Å². The Hall–Kier alpha value is -2.17. The maximum atomic E-state index is 13.2. The second-order valence-corrected chi connectivity index (χ2v) is 7.82. The van der Waals surface area contributed by atoms with Gasteiger partial charge in [0.25, 0.3) is 0 Å². The van der Waals surface area contributed by atoms with E-state index in [0.29, 0.717) is 12.0 Å². The predicted octanol–water partition coefficient (Wildman–Crippen LogP) is 3.85. The molecule has 2 aliphatic rings. The van der Waals surface area contributed by atoms with Crippen LogP contribution >= 0.6 is 0 Å². The summed E-state index contributed by atoms with van der Waals surface area (Å²) in [5.41, 5.74) is 1.17. The lowest BCUT2D eigenvalue weighted by atomic mass is 9.83. The van der Waals surface area contributed by atoms with Gasteiger partial charge in [0.2, 0.25) is 5.91 Å². The first-order chi connectivity index (χ1) is 12.8. The minimum Gasteiger partial charge on any atom is -0.353 e. The molecule has 26 heavy (non-hydrogen) atoms. The zero-order chi connectivity index (χ0) is 17.8. The summed E-state index contributed by atoms with van der Waals surface area (Å²) in [6.45, 7) is 0. The third kappa shape index (κ3) is 3.81. The number of hydrogen-bond donors (Lipinski definition) is 1. The zero-order valence-electron chi connectivity index (χ0n) is 15.3. The third-order valence-corrected chi connectivity index (χ3v) is 6.17. The van der Waals surface area contributed by atoms with Crippen molar-refractivity contribution in [1.82, 2.24) is 20.1 Å². The molecule has 0 aliphatic heterocycles. The van der Waals surface area contributed by atoms with Gasteiger partial charge in [0.05, 0.1) is 12.0 Å². The quantitative estimate of drug-likeness (QED) is 0.889. The van der Waals surface area contributed by atoms with E-state index in [1.807, 2.05) is 22.9 Å². The standard InChI is InChI=1S/C21H28N4O/c26-21(20(17-8-4-5-9-17)16-6-2-1-3-7-16)24-18-10-12-19(13-11-18)25-15-22-14-23-25/h1-3,6-7,14-15,17-20H,4-5,8-13H2,(H,24,26). The smallest absolute Gasteiger partial charge is 0.228 e. The van der Waals surface area contributed by atoms with Gasteiger partial charge >= 0.3 is 0 Å². The van der Waals surface area contributed by atoms with E-state index in [2.05, 4.69) is 27.5 Å². The summed E-state index contributed by atoms with van der Waals surface area (Å²) in [6, 6.07) is 11.1. The minimum absolute atomic E-state index is 0.00624. The van der Waals surface area contributed by atoms with Crippen LogP contribution in [0.1, 0.15) is 68.9 Å². The Kier molecular flexibility index (Phi) is 5.32. The highest BCUT2D eigenvalue weighted by Crippen LogP contribution is 2.38. The van der Waals surface area contributed by atoms with Gasteiger partial charge in [-0.25, -0.2) is 9.67 Å². The number of rotatable bonds is 5. The summed E-state index contributed by atoms with van der Waals surface area (Å²) in [4.78, 5) is 17.2. The van der Waals surface area contributed by atoms with Crippen LogP contribution in [0.4, 0.5) is 0 Å². The van der Waals surface area contributed by atoms with Gasteiger partial charge in [-0.05, 0) is 50.0 Å². The summed E-state index contributed by atoms with van der Waals surface area (Å²) in [6.07, 6.45) is 12.4. The van der Waals surface area contributed by atoms with Crippen LogP contribution in [-0.2, 0) is 4.79 Å². The average molecular weight is 352 g/mol. The Bertz CT molecular complexity index is 686. The lowest BCUT2D eigenvalue weighted by Crippen LogP contribution is -2.42. The number of carbonyl (C=O) groups is 1. The van der Waals surface area contributed by atoms with Gasteiger partial charge < -0.3 is 5.32 Å². The maximum absolute atomic E-state index is 13.2. The van der Waals surface area contributed by atoms with Crippen LogP contribution < -0.4 is 5.32 Å². The molecule has 1 unspecified atom stereocenters. The highest BCUT2D eigenvalue weighted by atomic mass is 16.2. The number of nitrogens with one attached hydrogen (secondary N) is 1. The first-order valence-corrected chi connectivity index (χ1v) is 10.0. The fourth-order valence-electron chi connectivity index (χ4n) is 4.77. The van der Waals surface area contributed by atoms with E-state index in [9.17, 15) is 4.79 Å². The molecule has 2 fully saturated rings. The van der Waals surface area contributed by atoms with Gasteiger partial charge in [-0.1, -0.05) is 43.2 Å². The van der Waals surface area contributed by atoms with Crippen LogP contribution in [0.2, 0.25) is 0 Å². The first-order valence-electron chi connectivity index (χ1n) is 10.0. The first kappa shape index (κ1) is 17.3. The molecule has 5 nitrogen and oxygen atoms in total. The number of aromatic nitrogens is 3. The van der Waals surface area contributed by atoms with E-state index in [0.717, 1.165) is 25.7 Å². The van der Waals surface area contributed by atoms with Gasteiger partial charge in [-0.3, -0.25) is 4.79 Å². The summed E-state index contributed by atoms with van der Waals surface area (Å²) in [7, 11) is 0.